The first-order valence-corrected chi connectivity index (χ1v) is 3.46. The van der Waals surface area contributed by atoms with Crippen molar-refractivity contribution in [3.63, 3.8) is 0 Å². The molecule has 2 nitrogen and oxygen atoms in total. The summed E-state index contributed by atoms with van der Waals surface area (Å²) < 4.78 is 0. The molecule has 0 saturated carbocycles. The molecule has 0 amide bonds. The van der Waals surface area contributed by atoms with E-state index >= 15 is 0 Å². The van der Waals surface area contributed by atoms with E-state index in [0.717, 1.165) is 19.0 Å². The Morgan fingerprint density at radius 3 is 2.89 bits per heavy atom. The van der Waals surface area contributed by atoms with Crippen molar-refractivity contribution in [1.29, 1.82) is 0 Å². The molecule has 0 spiro atoms. The van der Waals surface area contributed by atoms with E-state index in [9.17, 15) is 0 Å². The van der Waals surface area contributed by atoms with Crippen molar-refractivity contribution in [3.8, 4) is 0 Å². The highest BCUT2D eigenvalue weighted by atomic mass is 15.5. The van der Waals surface area contributed by atoms with Crippen LogP contribution in [0.25, 0.3) is 0 Å². The molecule has 1 N–H and O–H groups in total. The number of hydrogen-bond acceptors (Lipinski definition) is 2. The molecule has 0 atom stereocenters. The zero-order valence-corrected chi connectivity index (χ0v) is 6.09. The fourth-order valence-corrected chi connectivity index (χ4v) is 0.921. The highest BCUT2D eigenvalue weighted by Crippen LogP contribution is 1.98. The standard InChI is InChI=1S/C7H14N2/c1-7(2)6-9-5-3-4-8-9/h3,5,7-8H,4,6H2,1-2H3. The maximum Gasteiger partial charge on any atom is 0.0360 e. The average Bonchev–Trinajstić information content (AvgIpc) is 2.15. The molecule has 0 aromatic carbocycles. The van der Waals surface area contributed by atoms with Gasteiger partial charge in [0.1, 0.15) is 0 Å². The van der Waals surface area contributed by atoms with Gasteiger partial charge in [0.05, 0.1) is 0 Å². The molecule has 0 saturated heterocycles. The van der Waals surface area contributed by atoms with Crippen molar-refractivity contribution in [3.05, 3.63) is 12.3 Å². The van der Waals surface area contributed by atoms with Crippen LogP contribution in [-0.4, -0.2) is 18.1 Å². The molecular formula is C7H14N2. The Balaban J connectivity index is 2.20. The van der Waals surface area contributed by atoms with E-state index in [1.807, 2.05) is 0 Å². The summed E-state index contributed by atoms with van der Waals surface area (Å²) in [6, 6.07) is 0. The third-order valence-electron chi connectivity index (χ3n) is 1.26. The Hall–Kier alpha value is -0.500. The highest BCUT2D eigenvalue weighted by Gasteiger charge is 2.03. The first-order chi connectivity index (χ1) is 4.29. The van der Waals surface area contributed by atoms with Crippen LogP contribution in [0.15, 0.2) is 12.3 Å². The molecule has 0 aromatic rings. The molecule has 0 bridgehead atoms. The lowest BCUT2D eigenvalue weighted by atomic mass is 10.2. The van der Waals surface area contributed by atoms with Crippen LogP contribution in [0.5, 0.6) is 0 Å². The van der Waals surface area contributed by atoms with Gasteiger partial charge >= 0.3 is 0 Å². The fraction of sp³-hybridized carbons (Fsp3) is 0.714. The number of rotatable bonds is 2. The van der Waals surface area contributed by atoms with E-state index in [0.29, 0.717) is 0 Å². The van der Waals surface area contributed by atoms with Gasteiger partial charge in [-0.15, -0.1) is 0 Å². The zero-order chi connectivity index (χ0) is 6.69. The van der Waals surface area contributed by atoms with Crippen molar-refractivity contribution >= 4 is 0 Å². The predicted molar refractivity (Wildman–Crippen MR) is 38.7 cm³/mol. The lowest BCUT2D eigenvalue weighted by Gasteiger charge is -2.17. The molecular weight excluding hydrogens is 112 g/mol. The normalized spacial score (nSPS) is 17.9. The van der Waals surface area contributed by atoms with Crippen LogP contribution in [0, 0.1) is 5.92 Å². The lowest BCUT2D eigenvalue weighted by Crippen LogP contribution is -2.31. The Bertz CT molecular complexity index is 107. The SMILES string of the molecule is CC(C)CN1C=CCN1. The van der Waals surface area contributed by atoms with Gasteiger partial charge in [0.15, 0.2) is 0 Å². The van der Waals surface area contributed by atoms with Gasteiger partial charge in [-0.3, -0.25) is 0 Å². The first kappa shape index (κ1) is 6.62. The van der Waals surface area contributed by atoms with Crippen LogP contribution in [0.4, 0.5) is 0 Å². The Morgan fingerprint density at radius 1 is 1.67 bits per heavy atom. The van der Waals surface area contributed by atoms with Crippen LogP contribution in [0.3, 0.4) is 0 Å². The molecule has 0 aliphatic carbocycles. The largest absolute Gasteiger partial charge is 0.315 e. The van der Waals surface area contributed by atoms with Crippen LogP contribution >= 0.6 is 0 Å². The zero-order valence-electron chi connectivity index (χ0n) is 6.09. The molecule has 0 radical (unpaired) electrons. The molecule has 0 fully saturated rings. The lowest BCUT2D eigenvalue weighted by molar-refractivity contribution is 0.272. The minimum atomic E-state index is 0.736. The number of nitrogens with zero attached hydrogens (tertiary/aromatic N) is 1. The summed E-state index contributed by atoms with van der Waals surface area (Å²) in [7, 11) is 0. The van der Waals surface area contributed by atoms with Crippen molar-refractivity contribution in [2.24, 2.45) is 5.92 Å². The third kappa shape index (κ3) is 2.06. The molecule has 9 heavy (non-hydrogen) atoms. The van der Waals surface area contributed by atoms with Crippen LogP contribution in [0.2, 0.25) is 0 Å². The molecule has 0 unspecified atom stereocenters. The number of nitrogens with one attached hydrogen (secondary N) is 1. The second kappa shape index (κ2) is 2.87. The summed E-state index contributed by atoms with van der Waals surface area (Å²) in [4.78, 5) is 0. The quantitative estimate of drug-likeness (QED) is 0.593. The fourth-order valence-electron chi connectivity index (χ4n) is 0.921. The van der Waals surface area contributed by atoms with Crippen molar-refractivity contribution in [1.82, 2.24) is 10.4 Å². The van der Waals surface area contributed by atoms with Gasteiger partial charge in [0.2, 0.25) is 0 Å². The van der Waals surface area contributed by atoms with Crippen molar-refractivity contribution in [2.75, 3.05) is 13.1 Å². The summed E-state index contributed by atoms with van der Waals surface area (Å²) in [5, 5.41) is 2.13. The van der Waals surface area contributed by atoms with E-state index in [-0.39, 0.29) is 0 Å². The molecule has 1 rings (SSSR count). The van der Waals surface area contributed by atoms with E-state index < -0.39 is 0 Å². The highest BCUT2D eigenvalue weighted by molar-refractivity contribution is 4.89. The Morgan fingerprint density at radius 2 is 2.44 bits per heavy atom. The van der Waals surface area contributed by atoms with E-state index in [1.165, 1.54) is 0 Å². The van der Waals surface area contributed by atoms with Crippen LogP contribution in [0.1, 0.15) is 13.8 Å². The van der Waals surface area contributed by atoms with Gasteiger partial charge in [-0.25, -0.2) is 5.43 Å². The Kier molecular flexibility index (Phi) is 2.11. The van der Waals surface area contributed by atoms with Crippen LogP contribution < -0.4 is 5.43 Å². The molecule has 1 aliphatic rings. The second-order valence-electron chi connectivity index (χ2n) is 2.79. The topological polar surface area (TPSA) is 15.3 Å². The second-order valence-corrected chi connectivity index (χ2v) is 2.79. The van der Waals surface area contributed by atoms with E-state index in [2.05, 4.69) is 36.6 Å². The minimum absolute atomic E-state index is 0.736. The van der Waals surface area contributed by atoms with Gasteiger partial charge in [-0.05, 0) is 5.92 Å². The summed E-state index contributed by atoms with van der Waals surface area (Å²) in [5.74, 6) is 0.736. The predicted octanol–water partition coefficient (Wildman–Crippen LogP) is 0.976. The van der Waals surface area contributed by atoms with Crippen molar-refractivity contribution in [2.45, 2.75) is 13.8 Å². The molecule has 1 heterocycles. The van der Waals surface area contributed by atoms with Crippen LogP contribution in [-0.2, 0) is 0 Å². The smallest absolute Gasteiger partial charge is 0.0360 e. The molecule has 2 heteroatoms. The Labute approximate surface area is 56.5 Å². The van der Waals surface area contributed by atoms with Gasteiger partial charge in [0.25, 0.3) is 0 Å². The third-order valence-corrected chi connectivity index (χ3v) is 1.26. The van der Waals surface area contributed by atoms with Gasteiger partial charge in [0, 0.05) is 19.3 Å². The van der Waals surface area contributed by atoms with Crippen molar-refractivity contribution < 1.29 is 0 Å². The summed E-state index contributed by atoms with van der Waals surface area (Å²) in [5.41, 5.74) is 3.21. The van der Waals surface area contributed by atoms with Gasteiger partial charge in [-0.1, -0.05) is 19.9 Å². The number of hydrazine groups is 1. The van der Waals surface area contributed by atoms with Gasteiger partial charge in [-0.2, -0.15) is 0 Å². The molecule has 1 aliphatic heterocycles. The van der Waals surface area contributed by atoms with Gasteiger partial charge < -0.3 is 5.01 Å². The summed E-state index contributed by atoms with van der Waals surface area (Å²) in [6.45, 7) is 6.53. The average molecular weight is 126 g/mol. The van der Waals surface area contributed by atoms with E-state index in [1.54, 1.807) is 0 Å². The minimum Gasteiger partial charge on any atom is -0.315 e. The molecule has 0 aromatic heterocycles. The summed E-state index contributed by atoms with van der Waals surface area (Å²) >= 11 is 0. The summed E-state index contributed by atoms with van der Waals surface area (Å²) in [6.07, 6.45) is 4.22. The maximum absolute atomic E-state index is 3.21. The van der Waals surface area contributed by atoms with E-state index in [4.69, 9.17) is 0 Å². The first-order valence-electron chi connectivity index (χ1n) is 3.46. The number of hydrogen-bond donors (Lipinski definition) is 1. The maximum atomic E-state index is 3.21. The molecule has 52 valence electrons. The monoisotopic (exact) mass is 126 g/mol.